The third kappa shape index (κ3) is 3.09. The van der Waals surface area contributed by atoms with E-state index in [4.69, 9.17) is 15.7 Å². The smallest absolute Gasteiger partial charge is 0.387 e. The van der Waals surface area contributed by atoms with E-state index in [0.29, 0.717) is 10.5 Å². The topological polar surface area (TPSA) is 85.6 Å². The van der Waals surface area contributed by atoms with E-state index in [-0.39, 0.29) is 39.6 Å². The highest BCUT2D eigenvalue weighted by Crippen LogP contribution is 2.52. The summed E-state index contributed by atoms with van der Waals surface area (Å²) in [5.74, 6) is -2.42. The monoisotopic (exact) mass is 438 g/mol. The number of nitro groups is 1. The first-order valence-corrected chi connectivity index (χ1v) is 9.22. The first kappa shape index (κ1) is 16.7. The molecule has 4 rings (SSSR count). The number of aryl methyl sites for hydroxylation is 1. The van der Waals surface area contributed by atoms with Gasteiger partial charge in [0.2, 0.25) is 0 Å². The quantitative estimate of drug-likeness (QED) is 0.525. The Hall–Kier alpha value is -3.07. The lowest BCUT2D eigenvalue weighted by atomic mass is 9.86. The summed E-state index contributed by atoms with van der Waals surface area (Å²) in [6.07, 6.45) is 1.17. The Morgan fingerprint density at radius 1 is 1.47 bits per heavy atom. The predicted molar refractivity (Wildman–Crippen MR) is 104 cm³/mol. The van der Waals surface area contributed by atoms with Gasteiger partial charge in [0, 0.05) is 39.4 Å². The van der Waals surface area contributed by atoms with Gasteiger partial charge in [0.1, 0.15) is 11.8 Å². The molecular formula is C20H16ClF2N3O4. The van der Waals surface area contributed by atoms with Crippen molar-refractivity contribution in [1.29, 1.82) is 0 Å². The van der Waals surface area contributed by atoms with Crippen molar-refractivity contribution in [3.05, 3.63) is 73.7 Å². The SMILES string of the molecule is [2H]C([2H])([2H])N1C(=O)c2cccc(OC(F)F)c2[C@H]2C[C@@H]1C([N+](=O)[O-])=C2c1cc(Cl)c(C)cn1. The van der Waals surface area contributed by atoms with Gasteiger partial charge < -0.3 is 9.64 Å². The predicted octanol–water partition coefficient (Wildman–Crippen LogP) is 4.27. The largest absolute Gasteiger partial charge is 0.434 e. The van der Waals surface area contributed by atoms with Gasteiger partial charge in [0.25, 0.3) is 11.6 Å². The molecule has 2 aromatic rings. The normalized spacial score (nSPS) is 22.4. The van der Waals surface area contributed by atoms with Crippen molar-refractivity contribution in [3.8, 4) is 5.75 Å². The number of aromatic nitrogens is 1. The maximum Gasteiger partial charge on any atom is 0.387 e. The number of nitrogens with zero attached hydrogens (tertiary/aromatic N) is 3. The second-order valence-electron chi connectivity index (χ2n) is 6.95. The molecule has 2 aliphatic rings. The van der Waals surface area contributed by atoms with Crippen LogP contribution in [0.15, 0.2) is 36.2 Å². The Morgan fingerprint density at radius 2 is 2.23 bits per heavy atom. The number of hydrogen-bond donors (Lipinski definition) is 0. The van der Waals surface area contributed by atoms with Gasteiger partial charge in [-0.05, 0) is 37.1 Å². The van der Waals surface area contributed by atoms with Crippen LogP contribution in [0.1, 0.15) is 43.6 Å². The van der Waals surface area contributed by atoms with Crippen molar-refractivity contribution in [2.24, 2.45) is 0 Å². The highest BCUT2D eigenvalue weighted by atomic mass is 35.5. The zero-order chi connectivity index (χ0) is 24.2. The molecule has 0 saturated carbocycles. The number of fused-ring (bicyclic) bond motifs is 4. The molecule has 10 heteroatoms. The fourth-order valence-corrected chi connectivity index (χ4v) is 4.19. The number of amides is 1. The molecule has 1 aromatic heterocycles. The van der Waals surface area contributed by atoms with E-state index < -0.39 is 42.1 Å². The second-order valence-corrected chi connectivity index (χ2v) is 7.36. The molecule has 0 saturated heterocycles. The third-order valence-corrected chi connectivity index (χ3v) is 5.71. The van der Waals surface area contributed by atoms with Gasteiger partial charge in [0.15, 0.2) is 0 Å². The first-order valence-electron chi connectivity index (χ1n) is 10.3. The molecular weight excluding hydrogens is 420 g/mol. The van der Waals surface area contributed by atoms with Crippen LogP contribution in [0.25, 0.3) is 5.57 Å². The average Bonchev–Trinajstić information content (AvgIpc) is 3.01. The minimum atomic E-state index is -3.24. The molecule has 1 aliphatic carbocycles. The number of halogens is 3. The van der Waals surface area contributed by atoms with Crippen molar-refractivity contribution < 1.29 is 27.3 Å². The lowest BCUT2D eigenvalue weighted by Crippen LogP contribution is -2.38. The number of carbonyl (C=O) groups is 1. The number of hydrogen-bond acceptors (Lipinski definition) is 5. The van der Waals surface area contributed by atoms with Gasteiger partial charge in [-0.2, -0.15) is 8.78 Å². The van der Waals surface area contributed by atoms with Crippen LogP contribution in [-0.2, 0) is 0 Å². The summed E-state index contributed by atoms with van der Waals surface area (Å²) in [5, 5.41) is 12.4. The Bertz CT molecular complexity index is 1210. The number of rotatable bonds is 4. The van der Waals surface area contributed by atoms with Crippen molar-refractivity contribution in [1.82, 2.24) is 9.88 Å². The van der Waals surface area contributed by atoms with Gasteiger partial charge in [-0.15, -0.1) is 0 Å². The molecule has 2 bridgehead atoms. The van der Waals surface area contributed by atoms with Gasteiger partial charge in [0.05, 0.1) is 16.2 Å². The van der Waals surface area contributed by atoms with Crippen molar-refractivity contribution in [2.45, 2.75) is 31.9 Å². The number of ether oxygens (including phenoxy) is 1. The molecule has 0 fully saturated rings. The Labute approximate surface area is 179 Å². The van der Waals surface area contributed by atoms with E-state index in [1.807, 2.05) is 0 Å². The van der Waals surface area contributed by atoms with E-state index in [2.05, 4.69) is 9.72 Å². The zero-order valence-corrected chi connectivity index (χ0v) is 16.2. The maximum absolute atomic E-state index is 13.3. The van der Waals surface area contributed by atoms with Crippen molar-refractivity contribution >= 4 is 23.1 Å². The summed E-state index contributed by atoms with van der Waals surface area (Å²) < 4.78 is 54.6. The van der Waals surface area contributed by atoms with Gasteiger partial charge in [-0.25, -0.2) is 0 Å². The molecule has 0 N–H and O–H groups in total. The summed E-state index contributed by atoms with van der Waals surface area (Å²) >= 11 is 6.21. The van der Waals surface area contributed by atoms with Gasteiger partial charge in [-0.3, -0.25) is 19.9 Å². The first-order chi connectivity index (χ1) is 15.4. The van der Waals surface area contributed by atoms with Crippen LogP contribution in [0.5, 0.6) is 5.75 Å². The van der Waals surface area contributed by atoms with E-state index >= 15 is 0 Å². The minimum Gasteiger partial charge on any atom is -0.434 e. The minimum absolute atomic E-state index is 0.000200. The molecule has 30 heavy (non-hydrogen) atoms. The number of allylic oxidation sites excluding steroid dienone is 1. The molecule has 2 atom stereocenters. The molecule has 0 radical (unpaired) electrons. The molecule has 1 aliphatic heterocycles. The highest BCUT2D eigenvalue weighted by molar-refractivity contribution is 6.31. The molecule has 0 spiro atoms. The van der Waals surface area contributed by atoms with Crippen LogP contribution in [-0.4, -0.2) is 40.3 Å². The third-order valence-electron chi connectivity index (χ3n) is 5.30. The number of pyridine rings is 1. The lowest BCUT2D eigenvalue weighted by molar-refractivity contribution is -0.430. The van der Waals surface area contributed by atoms with Crippen LogP contribution < -0.4 is 4.74 Å². The van der Waals surface area contributed by atoms with E-state index in [1.54, 1.807) is 6.92 Å². The van der Waals surface area contributed by atoms with Gasteiger partial charge >= 0.3 is 6.61 Å². The Kier molecular flexibility index (Phi) is 4.07. The molecule has 2 heterocycles. The van der Waals surface area contributed by atoms with E-state index in [9.17, 15) is 23.7 Å². The van der Waals surface area contributed by atoms with Crippen molar-refractivity contribution in [2.75, 3.05) is 6.98 Å². The fourth-order valence-electron chi connectivity index (χ4n) is 4.04. The van der Waals surface area contributed by atoms with Gasteiger partial charge in [-0.1, -0.05) is 17.7 Å². The van der Waals surface area contributed by atoms with E-state index in [1.165, 1.54) is 30.5 Å². The number of benzene rings is 1. The fraction of sp³-hybridized carbons (Fsp3) is 0.300. The lowest BCUT2D eigenvalue weighted by Gasteiger charge is -2.24. The standard InChI is InChI=1S/C20H16ClF2N3O4/c1-9-8-24-13(7-12(9)21)17-11-6-14(18(17)26(28)29)25(2)19(27)10-4-3-5-15(16(10)11)30-20(22)23/h3-5,7-8,11,14,20H,6H2,1-2H3/t11-,14-/m1/s1/i2D3. The highest BCUT2D eigenvalue weighted by Gasteiger charge is 2.50. The number of carbonyl (C=O) groups excluding carboxylic acids is 1. The molecule has 156 valence electrons. The van der Waals surface area contributed by atoms with Crippen LogP contribution in [0, 0.1) is 17.0 Å². The van der Waals surface area contributed by atoms with Crippen LogP contribution in [0.3, 0.4) is 0 Å². The summed E-state index contributed by atoms with van der Waals surface area (Å²) in [6.45, 7) is -4.60. The summed E-state index contributed by atoms with van der Waals surface area (Å²) in [7, 11) is 0. The maximum atomic E-state index is 13.3. The Morgan fingerprint density at radius 3 is 2.87 bits per heavy atom. The molecule has 1 aromatic carbocycles. The molecule has 0 unspecified atom stereocenters. The number of alkyl halides is 2. The Balaban J connectivity index is 2.08. The summed E-state index contributed by atoms with van der Waals surface area (Å²) in [4.78, 5) is 29.4. The summed E-state index contributed by atoms with van der Waals surface area (Å²) in [5.41, 5.74) is -0.0971. The van der Waals surface area contributed by atoms with E-state index in [0.717, 1.165) is 0 Å². The molecule has 7 nitrogen and oxygen atoms in total. The van der Waals surface area contributed by atoms with Crippen molar-refractivity contribution in [3.63, 3.8) is 0 Å². The van der Waals surface area contributed by atoms with Crippen LogP contribution in [0.4, 0.5) is 8.78 Å². The number of likely N-dealkylation sites (N-methyl/N-ethyl adjacent to an activating group) is 1. The zero-order valence-electron chi connectivity index (χ0n) is 18.4. The van der Waals surface area contributed by atoms with Crippen LogP contribution >= 0.6 is 11.6 Å². The second kappa shape index (κ2) is 7.32. The average molecular weight is 439 g/mol. The molecule has 1 amide bonds. The summed E-state index contributed by atoms with van der Waals surface area (Å²) in [6, 6.07) is 3.71. The van der Waals surface area contributed by atoms with Crippen LogP contribution in [0.2, 0.25) is 5.02 Å².